The van der Waals surface area contributed by atoms with Crippen molar-refractivity contribution < 1.29 is 22.8 Å². The van der Waals surface area contributed by atoms with Crippen molar-refractivity contribution in [1.29, 1.82) is 0 Å². The predicted molar refractivity (Wildman–Crippen MR) is 66.7 cm³/mol. The molecule has 0 heterocycles. The standard InChI is InChI=1S/C11H24O5Si/c1-5-9-13-11(12)10-17(14-6-2,15-7-3)16-8-4/h5-10H2,1-4H3. The van der Waals surface area contributed by atoms with Crippen LogP contribution in [0.15, 0.2) is 0 Å². The monoisotopic (exact) mass is 264 g/mol. The van der Waals surface area contributed by atoms with E-state index in [0.717, 1.165) is 6.42 Å². The topological polar surface area (TPSA) is 54.0 Å². The van der Waals surface area contributed by atoms with Crippen LogP contribution in [0.4, 0.5) is 0 Å². The molecular weight excluding hydrogens is 240 g/mol. The Bertz CT molecular complexity index is 193. The minimum Gasteiger partial charge on any atom is -0.466 e. The van der Waals surface area contributed by atoms with Gasteiger partial charge in [0.25, 0.3) is 0 Å². The lowest BCUT2D eigenvalue weighted by molar-refractivity contribution is -0.142. The maximum Gasteiger partial charge on any atom is 0.512 e. The fourth-order valence-electron chi connectivity index (χ4n) is 1.38. The maximum atomic E-state index is 11.6. The van der Waals surface area contributed by atoms with Crippen LogP contribution in [-0.4, -0.2) is 41.2 Å². The zero-order chi connectivity index (χ0) is 13.1. The lowest BCUT2D eigenvalue weighted by Crippen LogP contribution is -2.48. The van der Waals surface area contributed by atoms with Gasteiger partial charge >= 0.3 is 14.8 Å². The van der Waals surface area contributed by atoms with E-state index in [1.54, 1.807) is 0 Å². The zero-order valence-electron chi connectivity index (χ0n) is 11.3. The lowest BCUT2D eigenvalue weighted by atomic mass is 10.5. The second-order valence-electron chi connectivity index (χ2n) is 3.38. The zero-order valence-corrected chi connectivity index (χ0v) is 12.3. The molecule has 102 valence electrons. The minimum atomic E-state index is -2.88. The third kappa shape index (κ3) is 6.77. The Kier molecular flexibility index (Phi) is 9.34. The molecular formula is C11H24O5Si. The number of hydrogen-bond donors (Lipinski definition) is 0. The summed E-state index contributed by atoms with van der Waals surface area (Å²) in [7, 11) is -2.88. The molecule has 6 heteroatoms. The summed E-state index contributed by atoms with van der Waals surface area (Å²) in [5.41, 5.74) is 0. The Morgan fingerprint density at radius 3 is 1.76 bits per heavy atom. The molecule has 0 aromatic heterocycles. The van der Waals surface area contributed by atoms with E-state index in [0.29, 0.717) is 26.4 Å². The second kappa shape index (κ2) is 9.58. The summed E-state index contributed by atoms with van der Waals surface area (Å²) in [6.45, 7) is 9.35. The minimum absolute atomic E-state index is 0.0858. The Balaban J connectivity index is 4.46. The SMILES string of the molecule is CCCOC(=O)C[Si](OCC)(OCC)OCC. The van der Waals surface area contributed by atoms with E-state index in [4.69, 9.17) is 18.0 Å². The molecule has 0 radical (unpaired) electrons. The summed E-state index contributed by atoms with van der Waals surface area (Å²) in [6.07, 6.45) is 0.804. The fraction of sp³-hybridized carbons (Fsp3) is 0.909. The number of carbonyl (C=O) groups is 1. The van der Waals surface area contributed by atoms with Crippen molar-refractivity contribution in [2.75, 3.05) is 26.4 Å². The van der Waals surface area contributed by atoms with Crippen LogP contribution in [0.5, 0.6) is 0 Å². The molecule has 0 aliphatic rings. The van der Waals surface area contributed by atoms with Crippen molar-refractivity contribution >= 4 is 14.8 Å². The number of hydrogen-bond acceptors (Lipinski definition) is 5. The van der Waals surface area contributed by atoms with Crippen molar-refractivity contribution in [3.8, 4) is 0 Å². The van der Waals surface area contributed by atoms with Crippen molar-refractivity contribution in [2.24, 2.45) is 0 Å². The second-order valence-corrected chi connectivity index (χ2v) is 5.96. The molecule has 0 aromatic carbocycles. The molecule has 0 saturated carbocycles. The van der Waals surface area contributed by atoms with E-state index in [1.165, 1.54) is 0 Å². The van der Waals surface area contributed by atoms with Crippen LogP contribution in [0.2, 0.25) is 6.04 Å². The van der Waals surface area contributed by atoms with Gasteiger partial charge in [-0.05, 0) is 27.2 Å². The number of rotatable bonds is 10. The van der Waals surface area contributed by atoms with E-state index < -0.39 is 8.80 Å². The molecule has 0 N–H and O–H groups in total. The van der Waals surface area contributed by atoms with Crippen LogP contribution in [0, 0.1) is 0 Å². The molecule has 0 aliphatic heterocycles. The highest BCUT2D eigenvalue weighted by Gasteiger charge is 2.43. The van der Waals surface area contributed by atoms with Gasteiger partial charge in [-0.15, -0.1) is 0 Å². The Morgan fingerprint density at radius 2 is 1.41 bits per heavy atom. The maximum absolute atomic E-state index is 11.6. The first-order chi connectivity index (χ1) is 8.14. The Hall–Kier alpha value is -0.433. The summed E-state index contributed by atoms with van der Waals surface area (Å²) < 4.78 is 21.7. The first kappa shape index (κ1) is 16.6. The van der Waals surface area contributed by atoms with Crippen LogP contribution < -0.4 is 0 Å². The van der Waals surface area contributed by atoms with E-state index in [1.807, 2.05) is 27.7 Å². The number of ether oxygens (including phenoxy) is 1. The fourth-order valence-corrected chi connectivity index (χ4v) is 3.71. The van der Waals surface area contributed by atoms with Gasteiger partial charge in [0, 0.05) is 19.8 Å². The largest absolute Gasteiger partial charge is 0.512 e. The summed E-state index contributed by atoms with van der Waals surface area (Å²) >= 11 is 0. The van der Waals surface area contributed by atoms with Gasteiger partial charge < -0.3 is 18.0 Å². The highest BCUT2D eigenvalue weighted by Crippen LogP contribution is 2.16. The molecule has 0 atom stereocenters. The lowest BCUT2D eigenvalue weighted by Gasteiger charge is -2.27. The van der Waals surface area contributed by atoms with Gasteiger partial charge in [-0.25, -0.2) is 0 Å². The van der Waals surface area contributed by atoms with Gasteiger partial charge in [-0.2, -0.15) is 0 Å². The van der Waals surface area contributed by atoms with Crippen molar-refractivity contribution in [2.45, 2.75) is 40.2 Å². The summed E-state index contributed by atoms with van der Waals surface area (Å²) in [5.74, 6) is -0.311. The molecule has 0 unspecified atom stereocenters. The average Bonchev–Trinajstić information content (AvgIpc) is 2.27. The van der Waals surface area contributed by atoms with E-state index in [9.17, 15) is 4.79 Å². The molecule has 5 nitrogen and oxygen atoms in total. The van der Waals surface area contributed by atoms with Crippen LogP contribution in [-0.2, 0) is 22.8 Å². The molecule has 0 spiro atoms. The summed E-state index contributed by atoms with van der Waals surface area (Å²) in [6, 6.07) is 0.0858. The van der Waals surface area contributed by atoms with Crippen molar-refractivity contribution in [1.82, 2.24) is 0 Å². The van der Waals surface area contributed by atoms with Gasteiger partial charge in [0.1, 0.15) is 6.04 Å². The Morgan fingerprint density at radius 1 is 0.941 bits per heavy atom. The number of esters is 1. The molecule has 0 amide bonds. The molecule has 0 rings (SSSR count). The van der Waals surface area contributed by atoms with E-state index in [2.05, 4.69) is 0 Å². The third-order valence-corrected chi connectivity index (χ3v) is 4.83. The molecule has 0 saturated heterocycles. The van der Waals surface area contributed by atoms with Crippen molar-refractivity contribution in [3.63, 3.8) is 0 Å². The van der Waals surface area contributed by atoms with Crippen molar-refractivity contribution in [3.05, 3.63) is 0 Å². The van der Waals surface area contributed by atoms with Crippen LogP contribution >= 0.6 is 0 Å². The van der Waals surface area contributed by atoms with Gasteiger partial charge in [0.05, 0.1) is 6.61 Å². The van der Waals surface area contributed by atoms with Gasteiger partial charge in [-0.1, -0.05) is 6.92 Å². The molecule has 0 aliphatic carbocycles. The molecule has 0 aromatic rings. The molecule has 17 heavy (non-hydrogen) atoms. The predicted octanol–water partition coefficient (Wildman–Crippen LogP) is 1.99. The first-order valence-corrected chi connectivity index (χ1v) is 8.14. The van der Waals surface area contributed by atoms with Gasteiger partial charge in [0.15, 0.2) is 0 Å². The summed E-state index contributed by atoms with van der Waals surface area (Å²) in [4.78, 5) is 11.6. The highest BCUT2D eigenvalue weighted by molar-refractivity contribution is 6.64. The van der Waals surface area contributed by atoms with Crippen LogP contribution in [0.3, 0.4) is 0 Å². The molecule has 0 bridgehead atoms. The van der Waals surface area contributed by atoms with Gasteiger partial charge in [0.2, 0.25) is 0 Å². The average molecular weight is 264 g/mol. The smallest absolute Gasteiger partial charge is 0.466 e. The summed E-state index contributed by atoms with van der Waals surface area (Å²) in [5, 5.41) is 0. The number of carbonyl (C=O) groups excluding carboxylic acids is 1. The molecule has 0 fully saturated rings. The van der Waals surface area contributed by atoms with Gasteiger partial charge in [-0.3, -0.25) is 4.79 Å². The highest BCUT2D eigenvalue weighted by atomic mass is 28.4. The first-order valence-electron chi connectivity index (χ1n) is 6.21. The Labute approximate surface area is 105 Å². The quantitative estimate of drug-likeness (QED) is 0.446. The van der Waals surface area contributed by atoms with E-state index in [-0.39, 0.29) is 12.0 Å². The van der Waals surface area contributed by atoms with Crippen LogP contribution in [0.25, 0.3) is 0 Å². The van der Waals surface area contributed by atoms with E-state index >= 15 is 0 Å². The van der Waals surface area contributed by atoms with Crippen LogP contribution in [0.1, 0.15) is 34.1 Å². The third-order valence-electron chi connectivity index (χ3n) is 1.92. The normalized spacial score (nSPS) is 11.5.